The van der Waals surface area contributed by atoms with Crippen LogP contribution in [0.4, 0.5) is 60.5 Å². The summed E-state index contributed by atoms with van der Waals surface area (Å²) >= 11 is 0. The Bertz CT molecular complexity index is 2720. The average Bonchev–Trinajstić information content (AvgIpc) is 3.15. The van der Waals surface area contributed by atoms with E-state index in [1.807, 2.05) is 0 Å². The Morgan fingerprint density at radius 3 is 1.07 bits per heavy atom. The molecule has 0 saturated heterocycles. The summed E-state index contributed by atoms with van der Waals surface area (Å²) in [4.78, 5) is 22.1. The van der Waals surface area contributed by atoms with Gasteiger partial charge in [-0.3, -0.25) is 9.59 Å². The normalized spacial score (nSPS) is 12.3. The molecule has 60 heavy (non-hydrogen) atoms. The number of alkyl halides is 6. The van der Waals surface area contributed by atoms with E-state index >= 15 is 0 Å². The number of azo groups is 2. The number of fused-ring (bicyclic) bond motifs is 2. The molecular formula is C36H20F6N6Na2O8S2. The van der Waals surface area contributed by atoms with Crippen molar-refractivity contribution in [3.05, 3.63) is 109 Å². The summed E-state index contributed by atoms with van der Waals surface area (Å²) in [7, 11) is -10.4. The summed E-state index contributed by atoms with van der Waals surface area (Å²) in [5, 5.41) is 17.9. The first kappa shape index (κ1) is 48.1. The zero-order chi connectivity index (χ0) is 42.2. The molecule has 298 valence electrons. The third-order valence-corrected chi connectivity index (χ3v) is 9.87. The number of rotatable bonds is 9. The fourth-order valence-electron chi connectivity index (χ4n) is 5.52. The number of hydrogen-bond donors (Lipinski definition) is 2. The summed E-state index contributed by atoms with van der Waals surface area (Å²) in [6, 6.07) is 23.3. The van der Waals surface area contributed by atoms with Crippen molar-refractivity contribution in [3.8, 4) is 11.1 Å². The van der Waals surface area contributed by atoms with E-state index in [-0.39, 0.29) is 92.0 Å². The van der Waals surface area contributed by atoms with Gasteiger partial charge >= 0.3 is 83.3 Å². The second-order valence-corrected chi connectivity index (χ2v) is 14.6. The Hall–Kier alpha value is -4.62. The molecule has 0 unspecified atom stereocenters. The van der Waals surface area contributed by atoms with Gasteiger partial charge in [0.25, 0.3) is 0 Å². The van der Waals surface area contributed by atoms with Crippen LogP contribution in [-0.4, -0.2) is 50.1 Å². The van der Waals surface area contributed by atoms with E-state index in [1.54, 1.807) is 34.9 Å². The van der Waals surface area contributed by atoms with Crippen LogP contribution in [0, 0.1) is 0 Å². The molecule has 0 heterocycles. The van der Waals surface area contributed by atoms with Crippen LogP contribution in [0.1, 0.15) is 0 Å². The minimum Gasteiger partial charge on any atom is -0.744 e. The van der Waals surface area contributed by atoms with Gasteiger partial charge in [0.15, 0.2) is 0 Å². The van der Waals surface area contributed by atoms with Crippen molar-refractivity contribution in [2.24, 2.45) is 20.5 Å². The molecule has 0 saturated carbocycles. The second-order valence-electron chi connectivity index (χ2n) is 11.9. The van der Waals surface area contributed by atoms with Crippen molar-refractivity contribution in [1.29, 1.82) is 0 Å². The third kappa shape index (κ3) is 11.0. The Kier molecular flexibility index (Phi) is 14.9. The first-order valence-corrected chi connectivity index (χ1v) is 18.8. The van der Waals surface area contributed by atoms with Gasteiger partial charge in [0.2, 0.25) is 0 Å². The van der Waals surface area contributed by atoms with Crippen LogP contribution in [0.3, 0.4) is 0 Å². The largest absolute Gasteiger partial charge is 1.00 e. The van der Waals surface area contributed by atoms with E-state index in [0.717, 1.165) is 0 Å². The average molecular weight is 889 g/mol. The first-order chi connectivity index (χ1) is 27.1. The van der Waals surface area contributed by atoms with Crippen molar-refractivity contribution in [2.45, 2.75) is 22.1 Å². The van der Waals surface area contributed by atoms with Gasteiger partial charge in [-0.2, -0.15) is 36.6 Å². The van der Waals surface area contributed by atoms with E-state index in [2.05, 4.69) is 20.5 Å². The molecule has 0 radical (unpaired) electrons. The van der Waals surface area contributed by atoms with Gasteiger partial charge in [0.1, 0.15) is 31.6 Å². The van der Waals surface area contributed by atoms with Gasteiger partial charge in [-0.15, -0.1) is 10.2 Å². The SMILES string of the molecule is O=C(Nc1c(N=Nc2ccc(-c3ccc(N=Nc4cc(S(=O)(=O)[O-])c5ccccc5c4NC(=O)C(F)(F)F)cc3)cc2)cc(S(=O)(=O)[O-])c2ccccc12)C(F)(F)F.[Na+].[Na+]. The number of carbonyl (C=O) groups excluding carboxylic acids is 2. The van der Waals surface area contributed by atoms with Gasteiger partial charge in [0.05, 0.1) is 32.5 Å². The van der Waals surface area contributed by atoms with Crippen molar-refractivity contribution < 1.29 is 121 Å². The third-order valence-electron chi connectivity index (χ3n) is 8.12. The standard InChI is InChI=1S/C36H22F6N6O8S2.2Na/c37-35(38,39)33(49)43-31-25-7-3-1-5-23(25)29(57(51,52)53)17-27(31)47-45-21-13-9-19(10-14-21)20-11-15-22(16-12-20)46-48-28-18-30(58(54,55)56)24-6-2-4-8-26(24)32(28)44-34(50)36(40,41)42;;/h1-18H,(H,43,49)(H,44,50)(H,51,52,53)(H,54,55,56);;/q;2*+1/p-2. The number of nitrogens with zero attached hydrogens (tertiary/aromatic N) is 4. The number of anilines is 2. The van der Waals surface area contributed by atoms with Crippen LogP contribution in [-0.2, 0) is 29.8 Å². The predicted octanol–water partition coefficient (Wildman–Crippen LogP) is 3.31. The molecule has 0 aliphatic carbocycles. The number of nitrogens with one attached hydrogen (secondary N) is 2. The maximum Gasteiger partial charge on any atom is 1.00 e. The Morgan fingerprint density at radius 1 is 0.483 bits per heavy atom. The van der Waals surface area contributed by atoms with E-state index < -0.39 is 76.9 Å². The molecule has 0 aliphatic rings. The molecule has 6 aromatic rings. The number of halogens is 6. The van der Waals surface area contributed by atoms with Crippen LogP contribution in [0.5, 0.6) is 0 Å². The molecule has 0 aromatic heterocycles. The first-order valence-electron chi connectivity index (χ1n) is 15.9. The number of benzene rings is 6. The Morgan fingerprint density at radius 2 is 0.783 bits per heavy atom. The molecule has 6 rings (SSSR count). The van der Waals surface area contributed by atoms with E-state index in [4.69, 9.17) is 0 Å². The van der Waals surface area contributed by atoms with Gasteiger partial charge in [-0.05, 0) is 47.5 Å². The zero-order valence-corrected chi connectivity index (χ0v) is 36.2. The Labute approximate surface area is 379 Å². The molecule has 0 spiro atoms. The number of carbonyl (C=O) groups is 2. The molecule has 24 heteroatoms. The predicted molar refractivity (Wildman–Crippen MR) is 193 cm³/mol. The quantitative estimate of drug-likeness (QED) is 0.0947. The molecule has 2 N–H and O–H groups in total. The van der Waals surface area contributed by atoms with E-state index in [0.29, 0.717) is 23.3 Å². The Balaban J connectivity index is 0.00000397. The topological polar surface area (TPSA) is 222 Å². The molecule has 14 nitrogen and oxygen atoms in total. The van der Waals surface area contributed by atoms with Crippen molar-refractivity contribution in [1.82, 2.24) is 0 Å². The molecule has 0 fully saturated rings. The van der Waals surface area contributed by atoms with Crippen LogP contribution in [0.25, 0.3) is 32.7 Å². The van der Waals surface area contributed by atoms with E-state index in [9.17, 15) is 61.9 Å². The van der Waals surface area contributed by atoms with E-state index in [1.165, 1.54) is 72.8 Å². The van der Waals surface area contributed by atoms with Gasteiger partial charge in [0, 0.05) is 21.5 Å². The molecule has 0 bridgehead atoms. The fourth-order valence-corrected chi connectivity index (χ4v) is 6.93. The van der Waals surface area contributed by atoms with Crippen molar-refractivity contribution in [2.75, 3.05) is 10.6 Å². The van der Waals surface area contributed by atoms with Crippen molar-refractivity contribution in [3.63, 3.8) is 0 Å². The second kappa shape index (κ2) is 18.6. The number of hydrogen-bond acceptors (Lipinski definition) is 12. The summed E-state index contributed by atoms with van der Waals surface area (Å²) < 4.78 is 151. The van der Waals surface area contributed by atoms with Crippen LogP contribution < -0.4 is 69.7 Å². The summed E-state index contributed by atoms with van der Waals surface area (Å²) in [6.07, 6.45) is -10.7. The molecular weight excluding hydrogens is 869 g/mol. The van der Waals surface area contributed by atoms with Gasteiger partial charge < -0.3 is 19.7 Å². The number of amides is 2. The smallest absolute Gasteiger partial charge is 0.744 e. The van der Waals surface area contributed by atoms with Crippen LogP contribution >= 0.6 is 0 Å². The van der Waals surface area contributed by atoms with Crippen LogP contribution in [0.2, 0.25) is 0 Å². The summed E-state index contributed by atoms with van der Waals surface area (Å²) in [6.45, 7) is 0. The molecule has 6 aromatic carbocycles. The molecule has 0 atom stereocenters. The summed E-state index contributed by atoms with van der Waals surface area (Å²) in [5.41, 5.74) is -0.919. The van der Waals surface area contributed by atoms with Crippen molar-refractivity contribution >= 4 is 87.7 Å². The van der Waals surface area contributed by atoms with Gasteiger partial charge in [-0.1, -0.05) is 72.8 Å². The minimum absolute atomic E-state index is 0. The monoisotopic (exact) mass is 888 g/mol. The molecule has 2 amide bonds. The summed E-state index contributed by atoms with van der Waals surface area (Å²) in [5.74, 6) is -4.78. The fraction of sp³-hybridized carbons (Fsp3) is 0.0556. The maximum atomic E-state index is 13.2. The van der Waals surface area contributed by atoms with Gasteiger partial charge in [-0.25, -0.2) is 16.8 Å². The van der Waals surface area contributed by atoms with Crippen LogP contribution in [0.15, 0.2) is 139 Å². The zero-order valence-electron chi connectivity index (χ0n) is 30.5. The maximum absolute atomic E-state index is 13.2. The molecule has 0 aliphatic heterocycles. The minimum atomic E-state index is -5.33.